The van der Waals surface area contributed by atoms with Crippen LogP contribution in [0.15, 0.2) is 47.2 Å². The molecule has 1 N–H and O–H groups in total. The molecule has 0 radical (unpaired) electrons. The molecule has 0 spiro atoms. The standard InChI is InChI=1S/C16H14N4O4/c1-22-13-5-3-10(9-14(13)23-2)11-4-6-15(19-18-11)17-16(21)12-7-8-24-20-12/h3-9H,1-2H3,(H,17,19,21). The molecule has 0 aliphatic heterocycles. The lowest BCUT2D eigenvalue weighted by Crippen LogP contribution is -2.13. The molecule has 8 nitrogen and oxygen atoms in total. The Morgan fingerprint density at radius 1 is 1.04 bits per heavy atom. The number of nitrogens with zero attached hydrogens (tertiary/aromatic N) is 3. The molecule has 2 heterocycles. The average Bonchev–Trinajstić information content (AvgIpc) is 3.16. The summed E-state index contributed by atoms with van der Waals surface area (Å²) in [6.45, 7) is 0. The van der Waals surface area contributed by atoms with E-state index in [1.165, 1.54) is 12.3 Å². The van der Waals surface area contributed by atoms with Crippen LogP contribution in [0.2, 0.25) is 0 Å². The number of anilines is 1. The number of hydrogen-bond donors (Lipinski definition) is 1. The highest BCUT2D eigenvalue weighted by atomic mass is 16.5. The first-order valence-corrected chi connectivity index (χ1v) is 6.99. The Bertz CT molecular complexity index is 832. The van der Waals surface area contributed by atoms with Crippen molar-refractivity contribution in [2.24, 2.45) is 0 Å². The highest BCUT2D eigenvalue weighted by molar-refractivity contribution is 6.02. The summed E-state index contributed by atoms with van der Waals surface area (Å²) in [5.41, 5.74) is 1.62. The van der Waals surface area contributed by atoms with E-state index in [-0.39, 0.29) is 5.69 Å². The highest BCUT2D eigenvalue weighted by Gasteiger charge is 2.11. The Balaban J connectivity index is 1.78. The number of methoxy groups -OCH3 is 2. The molecule has 0 unspecified atom stereocenters. The maximum Gasteiger partial charge on any atom is 0.279 e. The molecule has 0 atom stereocenters. The van der Waals surface area contributed by atoms with Gasteiger partial charge >= 0.3 is 0 Å². The van der Waals surface area contributed by atoms with Crippen LogP contribution < -0.4 is 14.8 Å². The first kappa shape index (κ1) is 15.5. The van der Waals surface area contributed by atoms with E-state index in [0.717, 1.165) is 5.56 Å². The number of hydrogen-bond acceptors (Lipinski definition) is 7. The normalized spacial score (nSPS) is 10.2. The van der Waals surface area contributed by atoms with Crippen molar-refractivity contribution in [3.05, 3.63) is 48.4 Å². The average molecular weight is 326 g/mol. The molecule has 3 aromatic rings. The van der Waals surface area contributed by atoms with Crippen molar-refractivity contribution < 1.29 is 18.8 Å². The summed E-state index contributed by atoms with van der Waals surface area (Å²) < 4.78 is 15.1. The smallest absolute Gasteiger partial charge is 0.279 e. The Morgan fingerprint density at radius 3 is 2.50 bits per heavy atom. The van der Waals surface area contributed by atoms with E-state index in [2.05, 4.69) is 25.2 Å². The van der Waals surface area contributed by atoms with Crippen LogP contribution in [0.25, 0.3) is 11.3 Å². The van der Waals surface area contributed by atoms with Gasteiger partial charge in [-0.25, -0.2) is 0 Å². The molecule has 8 heteroatoms. The summed E-state index contributed by atoms with van der Waals surface area (Å²) in [5.74, 6) is 1.12. The lowest BCUT2D eigenvalue weighted by Gasteiger charge is -2.09. The quantitative estimate of drug-likeness (QED) is 0.768. The van der Waals surface area contributed by atoms with Gasteiger partial charge in [-0.05, 0) is 30.3 Å². The summed E-state index contributed by atoms with van der Waals surface area (Å²) in [6.07, 6.45) is 1.32. The number of aromatic nitrogens is 3. The highest BCUT2D eigenvalue weighted by Crippen LogP contribution is 2.31. The van der Waals surface area contributed by atoms with Crippen LogP contribution in [0.3, 0.4) is 0 Å². The van der Waals surface area contributed by atoms with Gasteiger partial charge in [0.2, 0.25) is 0 Å². The van der Waals surface area contributed by atoms with E-state index >= 15 is 0 Å². The largest absolute Gasteiger partial charge is 0.493 e. The molecule has 0 aliphatic rings. The Hall–Kier alpha value is -3.42. The Kier molecular flexibility index (Phi) is 4.37. The fourth-order valence-corrected chi connectivity index (χ4v) is 2.06. The lowest BCUT2D eigenvalue weighted by atomic mass is 10.1. The number of nitrogens with one attached hydrogen (secondary N) is 1. The predicted octanol–water partition coefficient (Wildman–Crippen LogP) is 2.40. The Labute approximate surface area is 137 Å². The third-order valence-electron chi connectivity index (χ3n) is 3.26. The first-order chi connectivity index (χ1) is 11.7. The van der Waals surface area contributed by atoms with Crippen LogP contribution in [-0.2, 0) is 0 Å². The van der Waals surface area contributed by atoms with Crippen LogP contribution in [0, 0.1) is 0 Å². The van der Waals surface area contributed by atoms with Crippen LogP contribution in [-0.4, -0.2) is 35.5 Å². The monoisotopic (exact) mass is 326 g/mol. The van der Waals surface area contributed by atoms with Gasteiger partial charge in [0.15, 0.2) is 23.0 Å². The predicted molar refractivity (Wildman–Crippen MR) is 85.0 cm³/mol. The third-order valence-corrected chi connectivity index (χ3v) is 3.26. The molecular weight excluding hydrogens is 312 g/mol. The van der Waals surface area contributed by atoms with Gasteiger partial charge in [0.25, 0.3) is 5.91 Å². The fourth-order valence-electron chi connectivity index (χ4n) is 2.06. The van der Waals surface area contributed by atoms with E-state index in [0.29, 0.717) is 23.0 Å². The molecule has 0 bridgehead atoms. The number of amides is 1. The van der Waals surface area contributed by atoms with E-state index < -0.39 is 5.91 Å². The fraction of sp³-hybridized carbons (Fsp3) is 0.125. The van der Waals surface area contributed by atoms with Crippen molar-refractivity contribution in [1.29, 1.82) is 0 Å². The van der Waals surface area contributed by atoms with Crippen molar-refractivity contribution >= 4 is 11.7 Å². The number of carbonyl (C=O) groups excluding carboxylic acids is 1. The number of benzene rings is 1. The van der Waals surface area contributed by atoms with Crippen molar-refractivity contribution in [2.45, 2.75) is 0 Å². The van der Waals surface area contributed by atoms with Crippen molar-refractivity contribution in [3.8, 4) is 22.8 Å². The lowest BCUT2D eigenvalue weighted by molar-refractivity contribution is 0.101. The molecule has 1 amide bonds. The summed E-state index contributed by atoms with van der Waals surface area (Å²) >= 11 is 0. The minimum absolute atomic E-state index is 0.167. The molecule has 1 aromatic carbocycles. The zero-order chi connectivity index (χ0) is 16.9. The summed E-state index contributed by atoms with van der Waals surface area (Å²) in [6, 6.07) is 10.3. The van der Waals surface area contributed by atoms with E-state index in [1.54, 1.807) is 38.5 Å². The van der Waals surface area contributed by atoms with Gasteiger partial charge in [0.1, 0.15) is 6.26 Å². The second-order valence-corrected chi connectivity index (χ2v) is 4.71. The van der Waals surface area contributed by atoms with Crippen molar-refractivity contribution in [2.75, 3.05) is 19.5 Å². The zero-order valence-electron chi connectivity index (χ0n) is 13.0. The minimum Gasteiger partial charge on any atom is -0.493 e. The maximum atomic E-state index is 11.9. The summed E-state index contributed by atoms with van der Waals surface area (Å²) in [5, 5.41) is 14.2. The molecule has 2 aromatic heterocycles. The molecular formula is C16H14N4O4. The second kappa shape index (κ2) is 6.78. The first-order valence-electron chi connectivity index (χ1n) is 6.99. The maximum absolute atomic E-state index is 11.9. The van der Waals surface area contributed by atoms with Gasteiger partial charge in [-0.15, -0.1) is 10.2 Å². The van der Waals surface area contributed by atoms with Gasteiger partial charge in [-0.1, -0.05) is 5.16 Å². The molecule has 0 fully saturated rings. The van der Waals surface area contributed by atoms with Gasteiger partial charge in [0, 0.05) is 11.6 Å². The molecule has 0 saturated carbocycles. The Morgan fingerprint density at radius 2 is 1.88 bits per heavy atom. The molecule has 0 aliphatic carbocycles. The van der Waals surface area contributed by atoms with Crippen LogP contribution in [0.5, 0.6) is 11.5 Å². The molecule has 24 heavy (non-hydrogen) atoms. The molecule has 3 rings (SSSR count). The topological polar surface area (TPSA) is 99.4 Å². The number of ether oxygens (including phenoxy) is 2. The van der Waals surface area contributed by atoms with Crippen LogP contribution in [0.4, 0.5) is 5.82 Å². The van der Waals surface area contributed by atoms with Crippen LogP contribution in [0.1, 0.15) is 10.5 Å². The van der Waals surface area contributed by atoms with Gasteiger partial charge < -0.3 is 19.3 Å². The van der Waals surface area contributed by atoms with E-state index in [9.17, 15) is 4.79 Å². The van der Waals surface area contributed by atoms with E-state index in [4.69, 9.17) is 9.47 Å². The van der Waals surface area contributed by atoms with Gasteiger partial charge in [0.05, 0.1) is 19.9 Å². The van der Waals surface area contributed by atoms with Crippen molar-refractivity contribution in [1.82, 2.24) is 15.4 Å². The SMILES string of the molecule is COc1ccc(-c2ccc(NC(=O)c3ccon3)nn2)cc1OC. The number of carbonyl (C=O) groups is 1. The zero-order valence-corrected chi connectivity index (χ0v) is 13.0. The second-order valence-electron chi connectivity index (χ2n) is 4.71. The van der Waals surface area contributed by atoms with Gasteiger partial charge in [-0.3, -0.25) is 4.79 Å². The third kappa shape index (κ3) is 3.17. The summed E-state index contributed by atoms with van der Waals surface area (Å²) in [7, 11) is 3.14. The van der Waals surface area contributed by atoms with Crippen LogP contribution >= 0.6 is 0 Å². The molecule has 0 saturated heterocycles. The summed E-state index contributed by atoms with van der Waals surface area (Å²) in [4.78, 5) is 11.9. The van der Waals surface area contributed by atoms with Gasteiger partial charge in [-0.2, -0.15) is 0 Å². The molecule has 122 valence electrons. The van der Waals surface area contributed by atoms with Crippen molar-refractivity contribution in [3.63, 3.8) is 0 Å². The van der Waals surface area contributed by atoms with E-state index in [1.807, 2.05) is 6.07 Å². The number of rotatable bonds is 5. The minimum atomic E-state index is -0.420.